The Labute approximate surface area is 185 Å². The van der Waals surface area contributed by atoms with Crippen molar-refractivity contribution in [3.63, 3.8) is 0 Å². The molecule has 1 aromatic heterocycles. The molecular formula is C22H22FN3O5S. The third kappa shape index (κ3) is 4.56. The first-order valence-corrected chi connectivity index (χ1v) is 11.7. The number of esters is 1. The number of carbonyl (C=O) groups is 1. The van der Waals surface area contributed by atoms with Gasteiger partial charge in [0.1, 0.15) is 10.7 Å². The normalized spacial score (nSPS) is 15.9. The van der Waals surface area contributed by atoms with Crippen LogP contribution in [0.3, 0.4) is 0 Å². The highest BCUT2D eigenvalue weighted by Crippen LogP contribution is 2.26. The summed E-state index contributed by atoms with van der Waals surface area (Å²) in [5, 5.41) is 7.87. The van der Waals surface area contributed by atoms with E-state index in [2.05, 4.69) is 10.2 Å². The van der Waals surface area contributed by atoms with Gasteiger partial charge in [-0.05, 0) is 50.1 Å². The zero-order chi connectivity index (χ0) is 22.7. The molecule has 1 atom stereocenters. The Bertz CT molecular complexity index is 1210. The van der Waals surface area contributed by atoms with Gasteiger partial charge in [0.2, 0.25) is 15.9 Å². The monoisotopic (exact) mass is 459 g/mol. The molecule has 0 bridgehead atoms. The first-order chi connectivity index (χ1) is 15.4. The average molecular weight is 459 g/mol. The summed E-state index contributed by atoms with van der Waals surface area (Å²) in [6, 6.07) is 12.3. The van der Waals surface area contributed by atoms with E-state index in [0.717, 1.165) is 37.0 Å². The van der Waals surface area contributed by atoms with Crippen LogP contribution in [0.25, 0.3) is 11.5 Å². The maximum atomic E-state index is 14.4. The van der Waals surface area contributed by atoms with Crippen LogP contribution in [0.2, 0.25) is 0 Å². The summed E-state index contributed by atoms with van der Waals surface area (Å²) in [5.74, 6) is -1.38. The van der Waals surface area contributed by atoms with E-state index in [0.29, 0.717) is 13.1 Å². The largest absolute Gasteiger partial charge is 0.449 e. The number of rotatable bonds is 6. The lowest BCUT2D eigenvalue weighted by atomic mass is 10.2. The van der Waals surface area contributed by atoms with Crippen LogP contribution >= 0.6 is 0 Å². The minimum Gasteiger partial charge on any atom is -0.449 e. The van der Waals surface area contributed by atoms with Crippen molar-refractivity contribution in [2.24, 2.45) is 0 Å². The molecule has 32 heavy (non-hydrogen) atoms. The number of hydrogen-bond acceptors (Lipinski definition) is 7. The molecule has 0 N–H and O–H groups in total. The summed E-state index contributed by atoms with van der Waals surface area (Å²) in [7, 11) is -4.05. The van der Waals surface area contributed by atoms with Gasteiger partial charge in [-0.25, -0.2) is 17.6 Å². The molecule has 10 heteroatoms. The minimum atomic E-state index is -4.05. The molecular weight excluding hydrogens is 437 g/mol. The van der Waals surface area contributed by atoms with Crippen LogP contribution in [-0.2, 0) is 14.8 Å². The molecule has 0 aliphatic carbocycles. The van der Waals surface area contributed by atoms with Gasteiger partial charge in [0.05, 0.1) is 5.56 Å². The van der Waals surface area contributed by atoms with Crippen molar-refractivity contribution in [2.75, 3.05) is 13.1 Å². The zero-order valence-corrected chi connectivity index (χ0v) is 18.2. The van der Waals surface area contributed by atoms with E-state index in [4.69, 9.17) is 9.15 Å². The van der Waals surface area contributed by atoms with Gasteiger partial charge >= 0.3 is 5.97 Å². The molecule has 168 valence electrons. The highest BCUT2D eigenvalue weighted by atomic mass is 32.2. The third-order valence-electron chi connectivity index (χ3n) is 5.19. The first-order valence-electron chi connectivity index (χ1n) is 10.3. The molecule has 1 aliphatic heterocycles. The first kappa shape index (κ1) is 22.1. The fourth-order valence-electron chi connectivity index (χ4n) is 3.45. The predicted molar refractivity (Wildman–Crippen MR) is 113 cm³/mol. The summed E-state index contributed by atoms with van der Waals surface area (Å²) in [6.07, 6.45) is 1.48. The lowest BCUT2D eigenvalue weighted by Crippen LogP contribution is -2.36. The van der Waals surface area contributed by atoms with E-state index in [1.165, 1.54) is 10.4 Å². The topological polar surface area (TPSA) is 103 Å². The number of carbonyl (C=O) groups excluding carboxylic acids is 1. The van der Waals surface area contributed by atoms with Crippen LogP contribution in [0.5, 0.6) is 0 Å². The second kappa shape index (κ2) is 9.17. The van der Waals surface area contributed by atoms with Gasteiger partial charge < -0.3 is 9.15 Å². The second-order valence-electron chi connectivity index (χ2n) is 7.47. The molecule has 2 aromatic carbocycles. The van der Waals surface area contributed by atoms with E-state index >= 15 is 0 Å². The van der Waals surface area contributed by atoms with E-state index in [1.54, 1.807) is 19.1 Å². The maximum absolute atomic E-state index is 14.4. The van der Waals surface area contributed by atoms with Crippen molar-refractivity contribution in [1.82, 2.24) is 14.5 Å². The summed E-state index contributed by atoms with van der Waals surface area (Å²) < 4.78 is 52.3. The number of piperidine rings is 1. The number of hydrogen-bond donors (Lipinski definition) is 0. The Balaban J connectivity index is 1.51. The summed E-state index contributed by atoms with van der Waals surface area (Å²) >= 11 is 0. The Kier molecular flexibility index (Phi) is 6.33. The molecule has 0 spiro atoms. The van der Waals surface area contributed by atoms with Crippen molar-refractivity contribution in [1.29, 1.82) is 0 Å². The number of ether oxygens (including phenoxy) is 1. The number of benzene rings is 2. The molecule has 4 rings (SSSR count). The lowest BCUT2D eigenvalue weighted by molar-refractivity contribution is 0.0279. The molecule has 1 aliphatic rings. The second-order valence-corrected chi connectivity index (χ2v) is 9.38. The number of sulfonamides is 1. The summed E-state index contributed by atoms with van der Waals surface area (Å²) in [5.41, 5.74) is 0.632. The number of nitrogens with zero attached hydrogens (tertiary/aromatic N) is 3. The van der Waals surface area contributed by atoms with Gasteiger partial charge in [-0.3, -0.25) is 0 Å². The van der Waals surface area contributed by atoms with Crippen molar-refractivity contribution in [3.8, 4) is 11.5 Å². The van der Waals surface area contributed by atoms with E-state index in [9.17, 15) is 17.6 Å². The van der Waals surface area contributed by atoms with Gasteiger partial charge in [0, 0.05) is 18.7 Å². The molecule has 1 fully saturated rings. The summed E-state index contributed by atoms with van der Waals surface area (Å²) in [4.78, 5) is 12.1. The molecule has 0 unspecified atom stereocenters. The van der Waals surface area contributed by atoms with Crippen molar-refractivity contribution < 1.29 is 26.8 Å². The predicted octanol–water partition coefficient (Wildman–Crippen LogP) is 3.97. The van der Waals surface area contributed by atoms with Crippen LogP contribution in [0, 0.1) is 5.82 Å². The zero-order valence-electron chi connectivity index (χ0n) is 17.4. The fraction of sp³-hybridized carbons (Fsp3) is 0.318. The fourth-order valence-corrected chi connectivity index (χ4v) is 5.06. The highest BCUT2D eigenvalue weighted by Gasteiger charge is 2.30. The molecule has 1 saturated heterocycles. The van der Waals surface area contributed by atoms with Crippen LogP contribution < -0.4 is 0 Å². The smallest absolute Gasteiger partial charge is 0.338 e. The van der Waals surface area contributed by atoms with Crippen LogP contribution in [0.15, 0.2) is 57.8 Å². The van der Waals surface area contributed by atoms with Crippen molar-refractivity contribution in [2.45, 2.75) is 37.2 Å². The highest BCUT2D eigenvalue weighted by molar-refractivity contribution is 7.89. The maximum Gasteiger partial charge on any atom is 0.338 e. The number of halogens is 1. The summed E-state index contributed by atoms with van der Waals surface area (Å²) in [6.45, 7) is 2.21. The Morgan fingerprint density at radius 1 is 1.09 bits per heavy atom. The van der Waals surface area contributed by atoms with Gasteiger partial charge in [0.25, 0.3) is 5.89 Å². The van der Waals surface area contributed by atoms with Crippen LogP contribution in [-0.4, -0.2) is 42.0 Å². The van der Waals surface area contributed by atoms with Crippen LogP contribution in [0.1, 0.15) is 48.5 Å². The van der Waals surface area contributed by atoms with Crippen LogP contribution in [0.4, 0.5) is 4.39 Å². The third-order valence-corrected chi connectivity index (χ3v) is 7.11. The quantitative estimate of drug-likeness (QED) is 0.514. The lowest BCUT2D eigenvalue weighted by Gasteiger charge is -2.26. The molecule has 2 heterocycles. The Hall–Kier alpha value is -3.11. The molecule has 0 radical (unpaired) electrons. The Morgan fingerprint density at radius 3 is 2.53 bits per heavy atom. The van der Waals surface area contributed by atoms with Gasteiger partial charge in [-0.1, -0.05) is 24.6 Å². The van der Waals surface area contributed by atoms with Gasteiger partial charge in [0.15, 0.2) is 6.10 Å². The minimum absolute atomic E-state index is 0.0838. The van der Waals surface area contributed by atoms with Gasteiger partial charge in [-0.2, -0.15) is 4.31 Å². The van der Waals surface area contributed by atoms with Crippen molar-refractivity contribution in [3.05, 3.63) is 65.8 Å². The Morgan fingerprint density at radius 2 is 1.81 bits per heavy atom. The SMILES string of the molecule is C[C@H](OC(=O)c1ccc(F)c(S(=O)(=O)N2CCCCC2)c1)c1nnc(-c2ccccc2)o1. The average Bonchev–Trinajstić information content (AvgIpc) is 3.31. The molecule has 8 nitrogen and oxygen atoms in total. The number of aromatic nitrogens is 2. The standard InChI is InChI=1S/C22H22FN3O5S/c1-15(20-24-25-21(31-20)16-8-4-2-5-9-16)30-22(27)17-10-11-18(23)19(14-17)32(28,29)26-12-6-3-7-13-26/h2,4-5,8-11,14-15H,3,6-7,12-13H2,1H3/t15-/m0/s1. The molecule has 0 saturated carbocycles. The van der Waals surface area contributed by atoms with Crippen molar-refractivity contribution >= 4 is 16.0 Å². The molecule has 0 amide bonds. The van der Waals surface area contributed by atoms with Gasteiger partial charge in [-0.15, -0.1) is 10.2 Å². The van der Waals surface area contributed by atoms with E-state index in [-0.39, 0.29) is 17.3 Å². The van der Waals surface area contributed by atoms with E-state index in [1.807, 2.05) is 18.2 Å². The van der Waals surface area contributed by atoms with E-state index < -0.39 is 32.8 Å². The molecule has 3 aromatic rings.